The minimum atomic E-state index is -1.03. The molecule has 0 aliphatic carbocycles. The van der Waals surface area contributed by atoms with E-state index in [4.69, 9.17) is 9.47 Å². The van der Waals surface area contributed by atoms with E-state index in [1.54, 1.807) is 0 Å². The predicted molar refractivity (Wildman–Crippen MR) is 111 cm³/mol. The number of rotatable bonds is 2. The summed E-state index contributed by atoms with van der Waals surface area (Å²) in [6.45, 7) is 0. The number of ether oxygens (including phenoxy) is 2. The molecule has 1 spiro atoms. The minimum Gasteiger partial charge on any atom is -0.377 e. The molecule has 0 amide bonds. The van der Waals surface area contributed by atoms with Crippen molar-refractivity contribution in [1.29, 1.82) is 0 Å². The highest BCUT2D eigenvalue weighted by Gasteiger charge is 2.71. The smallest absolute Gasteiger partial charge is 0.377 e. The monoisotopic (exact) mass is 378 g/mol. The van der Waals surface area contributed by atoms with Crippen molar-refractivity contribution in [2.75, 3.05) is 38.0 Å². The third kappa shape index (κ3) is 2.33. The summed E-state index contributed by atoms with van der Waals surface area (Å²) in [7, 11) is 8.20. The molecule has 6 nitrogen and oxygen atoms in total. The first-order chi connectivity index (χ1) is 13.5. The lowest BCUT2D eigenvalue weighted by atomic mass is 10.2. The summed E-state index contributed by atoms with van der Waals surface area (Å²) >= 11 is 0. The van der Waals surface area contributed by atoms with E-state index < -0.39 is 6.03 Å². The molecule has 28 heavy (non-hydrogen) atoms. The van der Waals surface area contributed by atoms with Crippen molar-refractivity contribution in [3.8, 4) is 11.5 Å². The molecule has 144 valence electrons. The zero-order valence-corrected chi connectivity index (χ0v) is 16.8. The number of hydrogen-bond donors (Lipinski definition) is 0. The number of anilines is 2. The average molecular weight is 378 g/mol. The Morgan fingerprint density at radius 3 is 1.64 bits per heavy atom. The number of nitrogens with zero attached hydrogens (tertiary/aromatic N) is 4. The average Bonchev–Trinajstić information content (AvgIpc) is 3.11. The van der Waals surface area contributed by atoms with Crippen LogP contribution in [0.2, 0.25) is 0 Å². The van der Waals surface area contributed by atoms with E-state index in [0.29, 0.717) is 0 Å². The molecule has 1 atom stereocenters. The maximum atomic E-state index is 6.51. The van der Waals surface area contributed by atoms with E-state index in [0.717, 1.165) is 53.5 Å². The Balaban J connectivity index is 1.68. The van der Waals surface area contributed by atoms with E-state index in [-0.39, 0.29) is 0 Å². The fourth-order valence-electron chi connectivity index (χ4n) is 4.03. The molecule has 6 heteroatoms. The van der Waals surface area contributed by atoms with Crippen LogP contribution in [0.4, 0.5) is 22.7 Å². The highest BCUT2D eigenvalue weighted by molar-refractivity contribution is 5.68. The van der Waals surface area contributed by atoms with Crippen molar-refractivity contribution < 1.29 is 18.6 Å². The van der Waals surface area contributed by atoms with Gasteiger partial charge in [-0.05, 0) is 30.7 Å². The van der Waals surface area contributed by atoms with Gasteiger partial charge in [0.2, 0.25) is 11.5 Å². The van der Waals surface area contributed by atoms with E-state index in [1.165, 1.54) is 0 Å². The van der Waals surface area contributed by atoms with E-state index in [1.807, 2.05) is 12.1 Å². The third-order valence-electron chi connectivity index (χ3n) is 5.56. The van der Waals surface area contributed by atoms with Gasteiger partial charge < -0.3 is 19.3 Å². The summed E-state index contributed by atoms with van der Waals surface area (Å²) in [6.07, 6.45) is 7.47. The molecular weight excluding hydrogens is 352 g/mol. The van der Waals surface area contributed by atoms with Gasteiger partial charge in [0.25, 0.3) is 11.4 Å². The first-order valence-electron chi connectivity index (χ1n) is 9.76. The molecule has 2 aromatic rings. The molecule has 0 saturated carbocycles. The Hall–Kier alpha value is -3.02. The lowest BCUT2D eigenvalue weighted by molar-refractivity contribution is -0.831. The van der Waals surface area contributed by atoms with Crippen LogP contribution in [0.1, 0.15) is 19.3 Å². The van der Waals surface area contributed by atoms with Gasteiger partial charge in [-0.1, -0.05) is 9.15 Å². The molecule has 2 aromatic carbocycles. The largest absolute Gasteiger partial charge is 0.714 e. The van der Waals surface area contributed by atoms with E-state index >= 15 is 0 Å². The number of benzene rings is 2. The van der Waals surface area contributed by atoms with Crippen molar-refractivity contribution in [3.63, 3.8) is 0 Å². The Labute approximate surface area is 165 Å². The number of hydrogen-bond acceptors (Lipinski definition) is 4. The van der Waals surface area contributed by atoms with Crippen LogP contribution in [0.3, 0.4) is 0 Å². The summed E-state index contributed by atoms with van der Waals surface area (Å²) in [4.78, 5) is 4.21. The van der Waals surface area contributed by atoms with Crippen molar-refractivity contribution in [2.24, 2.45) is 0 Å². The first-order valence-corrected chi connectivity index (χ1v) is 9.76. The highest BCUT2D eigenvalue weighted by Crippen LogP contribution is 2.51. The molecule has 3 aliphatic heterocycles. The zero-order chi connectivity index (χ0) is 19.5. The molecule has 0 radical (unpaired) electrons. The van der Waals surface area contributed by atoms with Crippen LogP contribution in [0.25, 0.3) is 0 Å². The Bertz CT molecular complexity index is 942. The SMILES string of the molecule is CN(C)c1ccc2c(c1)[N+]1=CCCC/C=[N+]3\c4cc(N(C)C)ccc4OC13O2. The van der Waals surface area contributed by atoms with Crippen LogP contribution in [-0.4, -0.2) is 55.8 Å². The van der Waals surface area contributed by atoms with Crippen LogP contribution in [-0.2, 0) is 0 Å². The summed E-state index contributed by atoms with van der Waals surface area (Å²) in [5, 5.41) is 0. The molecule has 0 saturated heterocycles. The van der Waals surface area contributed by atoms with Gasteiger partial charge in [0, 0.05) is 64.5 Å². The fourth-order valence-corrected chi connectivity index (χ4v) is 4.03. The van der Waals surface area contributed by atoms with Crippen LogP contribution in [0.15, 0.2) is 36.4 Å². The second kappa shape index (κ2) is 5.99. The molecule has 0 aromatic heterocycles. The topological polar surface area (TPSA) is 31.0 Å². The van der Waals surface area contributed by atoms with E-state index in [9.17, 15) is 0 Å². The molecule has 0 fully saturated rings. The predicted octanol–water partition coefficient (Wildman–Crippen LogP) is 3.53. The number of fused-ring (bicyclic) bond motifs is 4. The maximum Gasteiger partial charge on any atom is 0.714 e. The normalized spacial score (nSPS) is 23.4. The van der Waals surface area contributed by atoms with Gasteiger partial charge in [0.15, 0.2) is 12.4 Å². The molecular formula is C22H26N4O2+2. The second-order valence-electron chi connectivity index (χ2n) is 7.88. The standard InChI is InChI=1S/C22H26N4O2/c1-23(2)16-8-10-20-18(14-16)25-12-6-5-7-13-26-19-15-17(24(3)4)9-11-21(19)28-22(25,26)27-20/h8-15H,5-7H2,1-4H3/q+2/b25-12+,26-13?. The zero-order valence-electron chi connectivity index (χ0n) is 16.8. The first kappa shape index (κ1) is 17.1. The third-order valence-corrected chi connectivity index (χ3v) is 5.56. The van der Waals surface area contributed by atoms with Gasteiger partial charge in [-0.25, -0.2) is 0 Å². The van der Waals surface area contributed by atoms with Gasteiger partial charge in [-0.2, -0.15) is 0 Å². The lowest BCUT2D eigenvalue weighted by Gasteiger charge is -2.13. The van der Waals surface area contributed by atoms with Gasteiger partial charge in [0.05, 0.1) is 0 Å². The Morgan fingerprint density at radius 1 is 0.750 bits per heavy atom. The van der Waals surface area contributed by atoms with Crippen LogP contribution in [0, 0.1) is 0 Å². The van der Waals surface area contributed by atoms with Crippen molar-refractivity contribution >= 4 is 35.2 Å². The lowest BCUT2D eigenvalue weighted by Crippen LogP contribution is -2.53. The van der Waals surface area contributed by atoms with Crippen LogP contribution >= 0.6 is 0 Å². The van der Waals surface area contributed by atoms with Crippen LogP contribution < -0.4 is 19.3 Å². The quantitative estimate of drug-likeness (QED) is 0.748. The summed E-state index contributed by atoms with van der Waals surface area (Å²) in [5.74, 6) is 1.67. The maximum absolute atomic E-state index is 6.51. The van der Waals surface area contributed by atoms with Crippen molar-refractivity contribution in [3.05, 3.63) is 36.4 Å². The summed E-state index contributed by atoms with van der Waals surface area (Å²) in [5.41, 5.74) is 4.34. The van der Waals surface area contributed by atoms with Gasteiger partial charge in [0.1, 0.15) is 0 Å². The van der Waals surface area contributed by atoms with Gasteiger partial charge >= 0.3 is 6.03 Å². The highest BCUT2D eigenvalue weighted by atomic mass is 16.8. The van der Waals surface area contributed by atoms with Crippen molar-refractivity contribution in [1.82, 2.24) is 0 Å². The van der Waals surface area contributed by atoms with Crippen molar-refractivity contribution in [2.45, 2.75) is 25.3 Å². The van der Waals surface area contributed by atoms with Crippen LogP contribution in [0.5, 0.6) is 11.5 Å². The minimum absolute atomic E-state index is 0.836. The second-order valence-corrected chi connectivity index (χ2v) is 7.88. The molecule has 3 heterocycles. The Morgan fingerprint density at radius 2 is 1.21 bits per heavy atom. The van der Waals surface area contributed by atoms with Gasteiger partial charge in [-0.3, -0.25) is 0 Å². The fraction of sp³-hybridized carbons (Fsp3) is 0.364. The summed E-state index contributed by atoms with van der Waals surface area (Å²) < 4.78 is 17.3. The molecule has 0 bridgehead atoms. The molecule has 0 N–H and O–H groups in total. The Kier molecular flexibility index (Phi) is 3.66. The van der Waals surface area contributed by atoms with Gasteiger partial charge in [-0.15, -0.1) is 0 Å². The molecule has 5 rings (SSSR count). The van der Waals surface area contributed by atoms with E-state index in [2.05, 4.69) is 83.8 Å². The molecule has 1 unspecified atom stereocenters. The summed E-state index contributed by atoms with van der Waals surface area (Å²) in [6, 6.07) is 11.5. The molecule has 3 aliphatic rings.